The lowest BCUT2D eigenvalue weighted by molar-refractivity contribution is 0.0976. The highest BCUT2D eigenvalue weighted by Crippen LogP contribution is 2.24. The van der Waals surface area contributed by atoms with Gasteiger partial charge in [0.25, 0.3) is 0 Å². The van der Waals surface area contributed by atoms with E-state index < -0.39 is 6.23 Å². The molecule has 2 heterocycles. The van der Waals surface area contributed by atoms with Crippen molar-refractivity contribution in [2.45, 2.75) is 31.9 Å². The number of aliphatic hydroxyl groups is 1. The van der Waals surface area contributed by atoms with E-state index in [1.54, 1.807) is 18.6 Å². The number of benzene rings is 1. The number of aliphatic hydroxyl groups excluding tert-OH is 1. The van der Waals surface area contributed by atoms with E-state index in [9.17, 15) is 9.90 Å². The number of ketones is 1. The molecule has 1 unspecified atom stereocenters. The second-order valence-corrected chi connectivity index (χ2v) is 7.68. The third-order valence-electron chi connectivity index (χ3n) is 5.06. The van der Waals surface area contributed by atoms with Crippen molar-refractivity contribution in [2.75, 3.05) is 20.6 Å². The van der Waals surface area contributed by atoms with Gasteiger partial charge in [-0.1, -0.05) is 24.3 Å². The van der Waals surface area contributed by atoms with Gasteiger partial charge in [-0.25, -0.2) is 0 Å². The average molecular weight is 392 g/mol. The van der Waals surface area contributed by atoms with Gasteiger partial charge in [0.2, 0.25) is 0 Å². The van der Waals surface area contributed by atoms with Crippen molar-refractivity contribution in [3.05, 3.63) is 83.3 Å². The molecule has 0 spiro atoms. The van der Waals surface area contributed by atoms with Gasteiger partial charge in [0.05, 0.1) is 0 Å². The van der Waals surface area contributed by atoms with Gasteiger partial charge in [0.15, 0.2) is 5.78 Å². The van der Waals surface area contributed by atoms with Gasteiger partial charge in [-0.05, 0) is 80.4 Å². The number of Topliss-reactive ketones (excluding diaryl/α,β-unsaturated/α-hetero) is 1. The summed E-state index contributed by atoms with van der Waals surface area (Å²) in [6.45, 7) is 1.10. The van der Waals surface area contributed by atoms with E-state index in [2.05, 4.69) is 29.3 Å². The summed E-state index contributed by atoms with van der Waals surface area (Å²) in [5.74, 6) is 0.00670. The van der Waals surface area contributed by atoms with E-state index >= 15 is 0 Å². The molecule has 0 saturated carbocycles. The molecular weight excluding hydrogens is 362 g/mol. The number of allylic oxidation sites excluding steroid dienone is 2. The zero-order chi connectivity index (χ0) is 20.6. The summed E-state index contributed by atoms with van der Waals surface area (Å²) < 4.78 is 0. The second-order valence-electron chi connectivity index (χ2n) is 7.68. The van der Waals surface area contributed by atoms with E-state index in [0.717, 1.165) is 30.5 Å². The van der Waals surface area contributed by atoms with Gasteiger partial charge in [-0.2, -0.15) is 0 Å². The fourth-order valence-corrected chi connectivity index (χ4v) is 3.36. The molecule has 5 heteroatoms. The molecule has 2 N–H and O–H groups in total. The normalized spacial score (nSPS) is 16.2. The summed E-state index contributed by atoms with van der Waals surface area (Å²) in [5.41, 5.74) is 4.51. The van der Waals surface area contributed by atoms with Crippen LogP contribution in [0.1, 0.15) is 40.7 Å². The highest BCUT2D eigenvalue weighted by Gasteiger charge is 2.19. The topological polar surface area (TPSA) is 65.5 Å². The van der Waals surface area contributed by atoms with Crippen molar-refractivity contribution in [2.24, 2.45) is 0 Å². The van der Waals surface area contributed by atoms with Crippen LogP contribution in [0.15, 0.2) is 66.6 Å². The second kappa shape index (κ2) is 10.1. The lowest BCUT2D eigenvalue weighted by atomic mass is 9.95. The Balaban J connectivity index is 1.60. The number of carbonyl (C=O) groups excluding carboxylic acids is 1. The van der Waals surface area contributed by atoms with Crippen LogP contribution in [-0.2, 0) is 6.42 Å². The van der Waals surface area contributed by atoms with Gasteiger partial charge in [0.1, 0.15) is 6.23 Å². The van der Waals surface area contributed by atoms with Gasteiger partial charge in [0, 0.05) is 30.6 Å². The first-order valence-electron chi connectivity index (χ1n) is 10.0. The molecule has 0 bridgehead atoms. The van der Waals surface area contributed by atoms with Crippen molar-refractivity contribution in [1.29, 1.82) is 0 Å². The lowest BCUT2D eigenvalue weighted by Gasteiger charge is -2.21. The summed E-state index contributed by atoms with van der Waals surface area (Å²) >= 11 is 0. The number of hydrogen-bond acceptors (Lipinski definition) is 5. The number of rotatable bonds is 9. The largest absolute Gasteiger partial charge is 0.370 e. The van der Waals surface area contributed by atoms with Crippen LogP contribution in [0.2, 0.25) is 0 Å². The zero-order valence-corrected chi connectivity index (χ0v) is 17.1. The maximum atomic E-state index is 12.7. The molecule has 0 amide bonds. The molecule has 1 aliphatic heterocycles. The van der Waals surface area contributed by atoms with E-state index in [1.807, 2.05) is 42.5 Å². The van der Waals surface area contributed by atoms with Crippen molar-refractivity contribution < 1.29 is 9.90 Å². The molecule has 3 rings (SSSR count). The first-order chi connectivity index (χ1) is 14.0. The van der Waals surface area contributed by atoms with E-state index in [1.165, 1.54) is 12.0 Å². The summed E-state index contributed by atoms with van der Waals surface area (Å²) in [6.07, 6.45) is 9.76. The molecule has 0 aliphatic carbocycles. The Morgan fingerprint density at radius 1 is 1.10 bits per heavy atom. The standard InChI is InChI=1S/C24H29N3O2/c1-27(2)14-4-3-5-18-6-8-20(9-7-18)23(28)16-21-15-22(17-26-24(21)29)19-10-12-25-13-11-19/h6-13,15,17,24,26,29H,3-5,14,16H2,1-2H3. The number of aromatic nitrogens is 1. The maximum Gasteiger partial charge on any atom is 0.167 e. The molecule has 29 heavy (non-hydrogen) atoms. The number of aryl methyl sites for hydroxylation is 1. The minimum absolute atomic E-state index is 0.00670. The summed E-state index contributed by atoms with van der Waals surface area (Å²) in [7, 11) is 4.18. The maximum absolute atomic E-state index is 12.7. The van der Waals surface area contributed by atoms with Crippen LogP contribution in [0, 0.1) is 0 Å². The number of nitrogens with one attached hydrogen (secondary N) is 1. The number of pyridine rings is 1. The first kappa shape index (κ1) is 21.0. The number of hydrogen-bond donors (Lipinski definition) is 2. The summed E-state index contributed by atoms with van der Waals surface area (Å²) in [5, 5.41) is 13.2. The Hall–Kier alpha value is -2.76. The van der Waals surface area contributed by atoms with Gasteiger partial charge < -0.3 is 15.3 Å². The van der Waals surface area contributed by atoms with Crippen molar-refractivity contribution in [1.82, 2.24) is 15.2 Å². The highest BCUT2D eigenvalue weighted by molar-refractivity contribution is 5.98. The van der Waals surface area contributed by atoms with Crippen LogP contribution in [-0.4, -0.2) is 47.6 Å². The van der Waals surface area contributed by atoms with E-state index in [-0.39, 0.29) is 12.2 Å². The fourth-order valence-electron chi connectivity index (χ4n) is 3.36. The predicted molar refractivity (Wildman–Crippen MR) is 116 cm³/mol. The third-order valence-corrected chi connectivity index (χ3v) is 5.06. The molecule has 0 radical (unpaired) electrons. The van der Waals surface area contributed by atoms with Gasteiger partial charge in [-0.15, -0.1) is 0 Å². The van der Waals surface area contributed by atoms with E-state index in [0.29, 0.717) is 11.1 Å². The summed E-state index contributed by atoms with van der Waals surface area (Å²) in [6, 6.07) is 11.7. The zero-order valence-electron chi connectivity index (χ0n) is 17.1. The van der Waals surface area contributed by atoms with Crippen LogP contribution >= 0.6 is 0 Å². The Bertz CT molecular complexity index is 871. The molecular formula is C24H29N3O2. The monoisotopic (exact) mass is 391 g/mol. The Morgan fingerprint density at radius 2 is 1.83 bits per heavy atom. The molecule has 1 aromatic carbocycles. The quantitative estimate of drug-likeness (QED) is 0.506. The highest BCUT2D eigenvalue weighted by atomic mass is 16.3. The molecule has 2 aromatic rings. The van der Waals surface area contributed by atoms with Crippen LogP contribution in [0.3, 0.4) is 0 Å². The lowest BCUT2D eigenvalue weighted by Crippen LogP contribution is -2.30. The first-order valence-corrected chi connectivity index (χ1v) is 10.0. The Morgan fingerprint density at radius 3 is 2.52 bits per heavy atom. The number of dihydropyridines is 1. The van der Waals surface area contributed by atoms with Gasteiger partial charge in [-0.3, -0.25) is 9.78 Å². The number of carbonyl (C=O) groups is 1. The smallest absolute Gasteiger partial charge is 0.167 e. The third kappa shape index (κ3) is 6.11. The molecule has 1 aromatic heterocycles. The van der Waals surface area contributed by atoms with Gasteiger partial charge >= 0.3 is 0 Å². The van der Waals surface area contributed by atoms with Crippen LogP contribution in [0.4, 0.5) is 0 Å². The van der Waals surface area contributed by atoms with Crippen LogP contribution in [0.5, 0.6) is 0 Å². The molecule has 1 atom stereocenters. The van der Waals surface area contributed by atoms with E-state index in [4.69, 9.17) is 0 Å². The van der Waals surface area contributed by atoms with Crippen molar-refractivity contribution in [3.8, 4) is 0 Å². The molecule has 5 nitrogen and oxygen atoms in total. The van der Waals surface area contributed by atoms with Crippen molar-refractivity contribution in [3.63, 3.8) is 0 Å². The predicted octanol–water partition coefficient (Wildman–Crippen LogP) is 3.43. The molecule has 1 aliphatic rings. The summed E-state index contributed by atoms with van der Waals surface area (Å²) in [4.78, 5) is 19.0. The van der Waals surface area contributed by atoms with Crippen LogP contribution < -0.4 is 5.32 Å². The Labute approximate surface area is 172 Å². The van der Waals surface area contributed by atoms with Crippen molar-refractivity contribution >= 4 is 11.4 Å². The molecule has 152 valence electrons. The molecule has 0 saturated heterocycles. The Kier molecular flexibility index (Phi) is 7.33. The number of unbranched alkanes of at least 4 members (excludes halogenated alkanes) is 1. The minimum atomic E-state index is -0.847. The fraction of sp³-hybridized carbons (Fsp3) is 0.333. The SMILES string of the molecule is CN(C)CCCCc1ccc(C(=O)CC2=CC(c3ccncc3)=CNC2O)cc1. The molecule has 0 fully saturated rings. The average Bonchev–Trinajstić information content (AvgIpc) is 2.73. The minimum Gasteiger partial charge on any atom is -0.370 e. The van der Waals surface area contributed by atoms with Crippen LogP contribution in [0.25, 0.3) is 5.57 Å². The number of nitrogens with zero attached hydrogens (tertiary/aromatic N) is 2.